The Labute approximate surface area is 121 Å². The van der Waals surface area contributed by atoms with E-state index < -0.39 is 0 Å². The quantitative estimate of drug-likeness (QED) is 0.768. The zero-order valence-electron chi connectivity index (χ0n) is 12.6. The summed E-state index contributed by atoms with van der Waals surface area (Å²) >= 11 is 0. The maximum atomic E-state index is 11.8. The first kappa shape index (κ1) is 16.5. The van der Waals surface area contributed by atoms with E-state index in [1.54, 1.807) is 0 Å². The number of hydrogen-bond acceptors (Lipinski definition) is 3. The van der Waals surface area contributed by atoms with Gasteiger partial charge in [-0.2, -0.15) is 0 Å². The van der Waals surface area contributed by atoms with Crippen LogP contribution in [0.15, 0.2) is 24.3 Å². The van der Waals surface area contributed by atoms with Gasteiger partial charge in [0.15, 0.2) is 6.61 Å². The van der Waals surface area contributed by atoms with Crippen LogP contribution < -0.4 is 10.1 Å². The molecule has 1 aromatic rings. The van der Waals surface area contributed by atoms with E-state index in [0.29, 0.717) is 12.3 Å². The van der Waals surface area contributed by atoms with Gasteiger partial charge < -0.3 is 15.2 Å². The second-order valence-electron chi connectivity index (χ2n) is 5.32. The second kappa shape index (κ2) is 8.59. The zero-order valence-corrected chi connectivity index (χ0v) is 12.6. The molecule has 1 aromatic carbocycles. The van der Waals surface area contributed by atoms with Crippen molar-refractivity contribution in [2.75, 3.05) is 13.2 Å². The topological polar surface area (TPSA) is 58.6 Å². The van der Waals surface area contributed by atoms with Crippen molar-refractivity contribution in [2.24, 2.45) is 0 Å². The molecule has 1 unspecified atom stereocenters. The van der Waals surface area contributed by atoms with Gasteiger partial charge in [0.1, 0.15) is 5.75 Å². The number of aliphatic hydroxyl groups is 1. The fourth-order valence-electron chi connectivity index (χ4n) is 2.02. The molecule has 0 radical (unpaired) electrons. The summed E-state index contributed by atoms with van der Waals surface area (Å²) in [6.07, 6.45) is 1.46. The molecule has 0 aliphatic rings. The van der Waals surface area contributed by atoms with Crippen LogP contribution in [0.25, 0.3) is 0 Å². The molecule has 1 amide bonds. The lowest BCUT2D eigenvalue weighted by Gasteiger charge is -2.16. The molecule has 4 heteroatoms. The molecule has 4 nitrogen and oxygen atoms in total. The number of ether oxygens (including phenoxy) is 1. The molecular weight excluding hydrogens is 254 g/mol. The van der Waals surface area contributed by atoms with Crippen LogP contribution in [0.5, 0.6) is 5.75 Å². The van der Waals surface area contributed by atoms with Gasteiger partial charge in [-0.25, -0.2) is 0 Å². The molecule has 1 rings (SSSR count). The molecule has 0 aliphatic heterocycles. The number of para-hydroxylation sites is 1. The maximum Gasteiger partial charge on any atom is 0.258 e. The van der Waals surface area contributed by atoms with Crippen molar-refractivity contribution in [3.8, 4) is 5.75 Å². The van der Waals surface area contributed by atoms with Crippen LogP contribution in [0.2, 0.25) is 0 Å². The third-order valence-electron chi connectivity index (χ3n) is 3.10. The molecule has 0 saturated carbocycles. The summed E-state index contributed by atoms with van der Waals surface area (Å²) in [4.78, 5) is 11.8. The summed E-state index contributed by atoms with van der Waals surface area (Å²) in [7, 11) is 0. The summed E-state index contributed by atoms with van der Waals surface area (Å²) in [6, 6.07) is 7.83. The highest BCUT2D eigenvalue weighted by Gasteiger charge is 2.10. The van der Waals surface area contributed by atoms with Crippen LogP contribution in [0.4, 0.5) is 0 Å². The molecule has 2 N–H and O–H groups in total. The van der Waals surface area contributed by atoms with Crippen molar-refractivity contribution in [1.29, 1.82) is 0 Å². The number of benzene rings is 1. The van der Waals surface area contributed by atoms with E-state index in [2.05, 4.69) is 19.2 Å². The van der Waals surface area contributed by atoms with E-state index >= 15 is 0 Å². The van der Waals surface area contributed by atoms with Crippen molar-refractivity contribution < 1.29 is 14.6 Å². The Bertz CT molecular complexity index is 418. The lowest BCUT2D eigenvalue weighted by Crippen LogP contribution is -2.36. The van der Waals surface area contributed by atoms with Crippen LogP contribution in [-0.4, -0.2) is 30.3 Å². The van der Waals surface area contributed by atoms with Gasteiger partial charge >= 0.3 is 0 Å². The van der Waals surface area contributed by atoms with E-state index in [0.717, 1.165) is 17.7 Å². The van der Waals surface area contributed by atoms with Gasteiger partial charge in [0.05, 0.1) is 0 Å². The number of carbonyl (C=O) groups excluding carboxylic acids is 1. The predicted molar refractivity (Wildman–Crippen MR) is 80.0 cm³/mol. The van der Waals surface area contributed by atoms with Crippen LogP contribution in [0.3, 0.4) is 0 Å². The summed E-state index contributed by atoms with van der Waals surface area (Å²) in [5.74, 6) is 0.993. The van der Waals surface area contributed by atoms with Gasteiger partial charge in [0, 0.05) is 12.6 Å². The molecule has 0 spiro atoms. The summed E-state index contributed by atoms with van der Waals surface area (Å²) < 4.78 is 5.60. The first-order valence-electron chi connectivity index (χ1n) is 7.16. The Balaban J connectivity index is 2.45. The Morgan fingerprint density at radius 1 is 1.30 bits per heavy atom. The standard InChI is InChI=1S/C16H25NO3/c1-12(2)14-8-4-5-9-15(14)20-11-16(19)17-13(3)7-6-10-18/h4-5,8-9,12-13,18H,6-7,10-11H2,1-3H3,(H,17,19). The fourth-order valence-corrected chi connectivity index (χ4v) is 2.02. The first-order chi connectivity index (χ1) is 9.54. The molecule has 0 heterocycles. The molecule has 0 bridgehead atoms. The highest BCUT2D eigenvalue weighted by atomic mass is 16.5. The molecule has 112 valence electrons. The minimum absolute atomic E-state index is 0.0210. The largest absolute Gasteiger partial charge is 0.483 e. The van der Waals surface area contributed by atoms with E-state index in [-0.39, 0.29) is 25.2 Å². The van der Waals surface area contributed by atoms with Crippen LogP contribution >= 0.6 is 0 Å². The van der Waals surface area contributed by atoms with E-state index in [4.69, 9.17) is 9.84 Å². The zero-order chi connectivity index (χ0) is 15.0. The van der Waals surface area contributed by atoms with Crippen LogP contribution in [0, 0.1) is 0 Å². The highest BCUT2D eigenvalue weighted by Crippen LogP contribution is 2.25. The maximum absolute atomic E-state index is 11.8. The smallest absolute Gasteiger partial charge is 0.258 e. The van der Waals surface area contributed by atoms with E-state index in [1.807, 2.05) is 31.2 Å². The molecule has 0 aliphatic carbocycles. The van der Waals surface area contributed by atoms with Crippen molar-refractivity contribution in [1.82, 2.24) is 5.32 Å². The average Bonchev–Trinajstić information content (AvgIpc) is 2.43. The number of carbonyl (C=O) groups is 1. The number of amides is 1. The lowest BCUT2D eigenvalue weighted by atomic mass is 10.0. The number of hydrogen-bond donors (Lipinski definition) is 2. The summed E-state index contributed by atoms with van der Waals surface area (Å²) in [5.41, 5.74) is 1.11. The Hall–Kier alpha value is -1.55. The molecule has 0 aromatic heterocycles. The number of nitrogens with one attached hydrogen (secondary N) is 1. The van der Waals surface area contributed by atoms with Gasteiger partial charge in [-0.1, -0.05) is 32.0 Å². The SMILES string of the molecule is CC(CCCO)NC(=O)COc1ccccc1C(C)C. The predicted octanol–water partition coefficient (Wildman–Crippen LogP) is 2.47. The van der Waals surface area contributed by atoms with Gasteiger partial charge in [0.2, 0.25) is 0 Å². The molecule has 0 fully saturated rings. The Kier molecular flexibility index (Phi) is 7.09. The van der Waals surface area contributed by atoms with Gasteiger partial charge in [-0.15, -0.1) is 0 Å². The number of rotatable bonds is 8. The summed E-state index contributed by atoms with van der Waals surface area (Å²) in [6.45, 7) is 6.29. The highest BCUT2D eigenvalue weighted by molar-refractivity contribution is 5.77. The van der Waals surface area contributed by atoms with Crippen molar-refractivity contribution in [3.05, 3.63) is 29.8 Å². The van der Waals surface area contributed by atoms with Gasteiger partial charge in [-0.3, -0.25) is 4.79 Å². The van der Waals surface area contributed by atoms with Crippen LogP contribution in [0.1, 0.15) is 45.1 Å². The minimum Gasteiger partial charge on any atom is -0.483 e. The average molecular weight is 279 g/mol. The Morgan fingerprint density at radius 3 is 2.65 bits per heavy atom. The second-order valence-corrected chi connectivity index (χ2v) is 5.32. The van der Waals surface area contributed by atoms with Crippen molar-refractivity contribution in [3.63, 3.8) is 0 Å². The van der Waals surface area contributed by atoms with Gasteiger partial charge in [-0.05, 0) is 37.3 Å². The fraction of sp³-hybridized carbons (Fsp3) is 0.562. The third kappa shape index (κ3) is 5.61. The van der Waals surface area contributed by atoms with E-state index in [1.165, 1.54) is 0 Å². The van der Waals surface area contributed by atoms with Crippen molar-refractivity contribution >= 4 is 5.91 Å². The lowest BCUT2D eigenvalue weighted by molar-refractivity contribution is -0.123. The molecule has 1 atom stereocenters. The monoisotopic (exact) mass is 279 g/mol. The Morgan fingerprint density at radius 2 is 2.00 bits per heavy atom. The number of aliphatic hydroxyl groups excluding tert-OH is 1. The van der Waals surface area contributed by atoms with E-state index in [9.17, 15) is 4.79 Å². The molecule has 20 heavy (non-hydrogen) atoms. The van der Waals surface area contributed by atoms with Crippen LogP contribution in [-0.2, 0) is 4.79 Å². The third-order valence-corrected chi connectivity index (χ3v) is 3.10. The normalized spacial score (nSPS) is 12.2. The minimum atomic E-state index is -0.131. The van der Waals surface area contributed by atoms with Crippen molar-refractivity contribution in [2.45, 2.75) is 45.6 Å². The molecular formula is C16H25NO3. The van der Waals surface area contributed by atoms with Gasteiger partial charge in [0.25, 0.3) is 5.91 Å². The first-order valence-corrected chi connectivity index (χ1v) is 7.16. The summed E-state index contributed by atoms with van der Waals surface area (Å²) in [5, 5.41) is 11.6. The molecule has 0 saturated heterocycles.